The van der Waals surface area contributed by atoms with Gasteiger partial charge in [-0.15, -0.1) is 0 Å². The summed E-state index contributed by atoms with van der Waals surface area (Å²) in [6.45, 7) is 4.94. The van der Waals surface area contributed by atoms with Gasteiger partial charge < -0.3 is 9.47 Å². The average Bonchev–Trinajstić information content (AvgIpc) is 2.47. The van der Waals surface area contributed by atoms with Gasteiger partial charge in [-0.1, -0.05) is 60.3 Å². The van der Waals surface area contributed by atoms with Gasteiger partial charge in [-0.05, 0) is 18.1 Å². The molecule has 0 aromatic heterocycles. The van der Waals surface area contributed by atoms with E-state index in [1.807, 2.05) is 18.2 Å². The Bertz CT molecular complexity index is 515. The van der Waals surface area contributed by atoms with Gasteiger partial charge in [0.15, 0.2) is 0 Å². The second-order valence-corrected chi connectivity index (χ2v) is 6.74. The first-order valence-corrected chi connectivity index (χ1v) is 8.93. The summed E-state index contributed by atoms with van der Waals surface area (Å²) in [6, 6.07) is 7.34. The molecule has 0 saturated heterocycles. The smallest absolute Gasteiger partial charge is 0.308 e. The summed E-state index contributed by atoms with van der Waals surface area (Å²) in [5, 5.41) is 0. The molecule has 0 N–H and O–H groups in total. The van der Waals surface area contributed by atoms with E-state index in [9.17, 15) is 9.59 Å². The van der Waals surface area contributed by atoms with Crippen molar-refractivity contribution in [1.29, 1.82) is 0 Å². The van der Waals surface area contributed by atoms with Crippen LogP contribution < -0.4 is 4.74 Å². The van der Waals surface area contributed by atoms with E-state index in [1.165, 1.54) is 13.8 Å². The van der Waals surface area contributed by atoms with Gasteiger partial charge in [-0.25, -0.2) is 0 Å². The molecule has 4 nitrogen and oxygen atoms in total. The molecule has 0 heterocycles. The number of carbonyl (C=O) groups excluding carboxylic acids is 2. The third-order valence-corrected chi connectivity index (χ3v) is 4.50. The summed E-state index contributed by atoms with van der Waals surface area (Å²) >= 11 is 3.65. The van der Waals surface area contributed by atoms with Crippen molar-refractivity contribution in [2.75, 3.05) is 0 Å². The van der Waals surface area contributed by atoms with Crippen molar-refractivity contribution < 1.29 is 19.1 Å². The van der Waals surface area contributed by atoms with Crippen molar-refractivity contribution in [3.63, 3.8) is 0 Å². The monoisotopic (exact) mass is 384 g/mol. The van der Waals surface area contributed by atoms with Crippen molar-refractivity contribution in [2.24, 2.45) is 0 Å². The van der Waals surface area contributed by atoms with Gasteiger partial charge in [0, 0.05) is 20.3 Å². The fourth-order valence-electron chi connectivity index (χ4n) is 2.38. The van der Waals surface area contributed by atoms with E-state index in [1.54, 1.807) is 6.07 Å². The number of hydrogen-bond acceptors (Lipinski definition) is 4. The number of para-hydroxylation sites is 1. The fourth-order valence-corrected chi connectivity index (χ4v) is 2.99. The van der Waals surface area contributed by atoms with E-state index in [-0.39, 0.29) is 22.9 Å². The van der Waals surface area contributed by atoms with Crippen LogP contribution in [0.15, 0.2) is 24.3 Å². The van der Waals surface area contributed by atoms with Gasteiger partial charge in [0.2, 0.25) is 0 Å². The van der Waals surface area contributed by atoms with Gasteiger partial charge >= 0.3 is 11.9 Å². The molecule has 128 valence electrons. The second-order valence-electron chi connectivity index (χ2n) is 5.57. The van der Waals surface area contributed by atoms with Crippen LogP contribution >= 0.6 is 15.9 Å². The van der Waals surface area contributed by atoms with Crippen LogP contribution in [0, 0.1) is 0 Å². The molecule has 1 aromatic carbocycles. The highest BCUT2D eigenvalue weighted by Gasteiger charge is 2.23. The van der Waals surface area contributed by atoms with E-state index in [4.69, 9.17) is 9.47 Å². The van der Waals surface area contributed by atoms with Crippen LogP contribution in [0.5, 0.6) is 5.75 Å². The summed E-state index contributed by atoms with van der Waals surface area (Å²) in [5.74, 6) is -0.148. The number of alkyl halides is 1. The SMILES string of the molecule is CCCCC[C@H](Br)[C@H](Cc1ccccc1OC(C)=O)OC(C)=O. The lowest BCUT2D eigenvalue weighted by Crippen LogP contribution is -2.29. The highest BCUT2D eigenvalue weighted by Crippen LogP contribution is 2.26. The number of esters is 2. The molecule has 0 aliphatic carbocycles. The van der Waals surface area contributed by atoms with Gasteiger partial charge in [-0.3, -0.25) is 9.59 Å². The lowest BCUT2D eigenvalue weighted by molar-refractivity contribution is -0.146. The number of unbranched alkanes of at least 4 members (excludes halogenated alkanes) is 2. The van der Waals surface area contributed by atoms with E-state index >= 15 is 0 Å². The molecule has 23 heavy (non-hydrogen) atoms. The summed E-state index contributed by atoms with van der Waals surface area (Å²) in [5.41, 5.74) is 0.855. The van der Waals surface area contributed by atoms with Gasteiger partial charge in [-0.2, -0.15) is 0 Å². The van der Waals surface area contributed by atoms with Crippen LogP contribution in [-0.2, 0) is 20.7 Å². The molecule has 0 spiro atoms. The van der Waals surface area contributed by atoms with Gasteiger partial charge in [0.05, 0.1) is 4.83 Å². The summed E-state index contributed by atoms with van der Waals surface area (Å²) in [6.07, 6.45) is 4.52. The van der Waals surface area contributed by atoms with Crippen LogP contribution in [0.25, 0.3) is 0 Å². The van der Waals surface area contributed by atoms with E-state index in [0.29, 0.717) is 12.2 Å². The van der Waals surface area contributed by atoms with Crippen molar-refractivity contribution >= 4 is 27.9 Å². The standard InChI is InChI=1S/C18H25BrO4/c1-4-5-6-10-16(19)18(23-14(3)21)12-15-9-7-8-11-17(15)22-13(2)20/h7-9,11,16,18H,4-6,10,12H2,1-3H3/t16-,18-/m0/s1. The Balaban J connectivity index is 2.84. The van der Waals surface area contributed by atoms with Crippen molar-refractivity contribution in [3.05, 3.63) is 29.8 Å². The average molecular weight is 385 g/mol. The minimum absolute atomic E-state index is 0.0725. The molecular weight excluding hydrogens is 360 g/mol. The van der Waals surface area contributed by atoms with Crippen LogP contribution in [0.4, 0.5) is 0 Å². The molecule has 0 radical (unpaired) electrons. The Morgan fingerprint density at radius 1 is 1.13 bits per heavy atom. The molecule has 2 atom stereocenters. The van der Waals surface area contributed by atoms with Crippen molar-refractivity contribution in [3.8, 4) is 5.75 Å². The van der Waals surface area contributed by atoms with Crippen LogP contribution in [0.3, 0.4) is 0 Å². The zero-order valence-corrected chi connectivity index (χ0v) is 15.6. The maximum Gasteiger partial charge on any atom is 0.308 e. The lowest BCUT2D eigenvalue weighted by atomic mass is 10.0. The second kappa shape index (κ2) is 10.4. The van der Waals surface area contributed by atoms with Crippen molar-refractivity contribution in [2.45, 2.75) is 63.8 Å². The van der Waals surface area contributed by atoms with Gasteiger partial charge in [0.25, 0.3) is 0 Å². The summed E-state index contributed by atoms with van der Waals surface area (Å²) in [4.78, 5) is 22.7. The Morgan fingerprint density at radius 3 is 2.43 bits per heavy atom. The predicted octanol–water partition coefficient (Wildman–Crippen LogP) is 4.43. The highest BCUT2D eigenvalue weighted by atomic mass is 79.9. The molecule has 1 rings (SSSR count). The molecule has 0 bridgehead atoms. The molecule has 0 amide bonds. The summed E-state index contributed by atoms with van der Waals surface area (Å²) in [7, 11) is 0. The Kier molecular flexibility index (Phi) is 8.92. The minimum atomic E-state index is -0.361. The van der Waals surface area contributed by atoms with Crippen LogP contribution in [0.2, 0.25) is 0 Å². The molecule has 1 aromatic rings. The topological polar surface area (TPSA) is 52.6 Å². The first-order valence-electron chi connectivity index (χ1n) is 8.01. The number of benzene rings is 1. The lowest BCUT2D eigenvalue weighted by Gasteiger charge is -2.23. The Morgan fingerprint density at radius 2 is 1.83 bits per heavy atom. The maximum atomic E-state index is 11.4. The maximum absolute atomic E-state index is 11.4. The number of rotatable bonds is 9. The number of hydrogen-bond donors (Lipinski definition) is 0. The third-order valence-electron chi connectivity index (χ3n) is 3.45. The first kappa shape index (κ1) is 19.7. The zero-order valence-electron chi connectivity index (χ0n) is 14.0. The van der Waals surface area contributed by atoms with Crippen LogP contribution in [0.1, 0.15) is 52.0 Å². The molecule has 0 fully saturated rings. The normalized spacial score (nSPS) is 13.2. The van der Waals surface area contributed by atoms with Crippen LogP contribution in [-0.4, -0.2) is 22.9 Å². The molecular formula is C18H25BrO4. The third kappa shape index (κ3) is 7.64. The number of halogens is 1. The molecule has 0 aliphatic rings. The molecule has 0 unspecified atom stereocenters. The highest BCUT2D eigenvalue weighted by molar-refractivity contribution is 9.09. The minimum Gasteiger partial charge on any atom is -0.461 e. The first-order chi connectivity index (χ1) is 10.9. The fraction of sp³-hybridized carbons (Fsp3) is 0.556. The molecule has 5 heteroatoms. The number of ether oxygens (including phenoxy) is 2. The summed E-state index contributed by atoms with van der Waals surface area (Å²) < 4.78 is 10.7. The Labute approximate surface area is 146 Å². The predicted molar refractivity (Wildman–Crippen MR) is 93.9 cm³/mol. The Hall–Kier alpha value is -1.36. The van der Waals surface area contributed by atoms with E-state index < -0.39 is 0 Å². The van der Waals surface area contributed by atoms with Gasteiger partial charge in [0.1, 0.15) is 11.9 Å². The quantitative estimate of drug-likeness (QED) is 0.273. The zero-order chi connectivity index (χ0) is 17.2. The number of carbonyl (C=O) groups is 2. The van der Waals surface area contributed by atoms with E-state index in [2.05, 4.69) is 22.9 Å². The molecule has 0 aliphatic heterocycles. The van der Waals surface area contributed by atoms with Crippen molar-refractivity contribution in [1.82, 2.24) is 0 Å². The molecule has 0 saturated carbocycles. The largest absolute Gasteiger partial charge is 0.461 e. The van der Waals surface area contributed by atoms with E-state index in [0.717, 1.165) is 31.2 Å².